The quantitative estimate of drug-likeness (QED) is 0.644. The predicted molar refractivity (Wildman–Crippen MR) is 96.6 cm³/mol. The molecule has 1 fully saturated rings. The van der Waals surface area contributed by atoms with Crippen molar-refractivity contribution in [3.63, 3.8) is 0 Å². The van der Waals surface area contributed by atoms with Gasteiger partial charge in [-0.05, 0) is 51.8 Å². The average Bonchev–Trinajstić information content (AvgIpc) is 2.55. The van der Waals surface area contributed by atoms with E-state index in [9.17, 15) is 9.59 Å². The molecular formula is C18H27N3O4. The number of rotatable bonds is 3. The topological polar surface area (TPSA) is 93.9 Å². The molecule has 0 spiro atoms. The Morgan fingerprint density at radius 1 is 1.24 bits per heavy atom. The van der Waals surface area contributed by atoms with Crippen LogP contribution in [0.15, 0.2) is 18.2 Å². The number of carbonyl (C=O) groups is 2. The number of nitrogen functional groups attached to an aromatic ring is 1. The van der Waals surface area contributed by atoms with Crippen LogP contribution in [-0.2, 0) is 9.47 Å². The van der Waals surface area contributed by atoms with Crippen molar-refractivity contribution < 1.29 is 19.1 Å². The molecule has 0 atom stereocenters. The van der Waals surface area contributed by atoms with Crippen molar-refractivity contribution in [2.45, 2.75) is 45.3 Å². The number of likely N-dealkylation sites (tertiary alicyclic amines) is 1. The standard InChI is InChI=1S/C18H27N3O4/c1-18(2,3)25-17(23)21-9-7-13(8-10-21)20-15-6-5-12(11-14(15)19)16(22)24-4/h5-6,11,13,20H,7-10,19H2,1-4H3. The lowest BCUT2D eigenvalue weighted by Crippen LogP contribution is -2.44. The third-order valence-corrected chi connectivity index (χ3v) is 3.98. The molecule has 3 N–H and O–H groups in total. The van der Waals surface area contributed by atoms with Crippen LogP contribution in [0.1, 0.15) is 44.0 Å². The zero-order valence-corrected chi connectivity index (χ0v) is 15.3. The van der Waals surface area contributed by atoms with E-state index in [2.05, 4.69) is 10.1 Å². The molecule has 7 heteroatoms. The molecule has 1 amide bonds. The molecule has 1 saturated heterocycles. The largest absolute Gasteiger partial charge is 0.465 e. The third kappa shape index (κ3) is 5.27. The molecule has 0 saturated carbocycles. The van der Waals surface area contributed by atoms with Gasteiger partial charge in [0.15, 0.2) is 0 Å². The number of esters is 1. The highest BCUT2D eigenvalue weighted by Crippen LogP contribution is 2.24. The second-order valence-electron chi connectivity index (χ2n) is 7.18. The number of ether oxygens (including phenoxy) is 2. The summed E-state index contributed by atoms with van der Waals surface area (Å²) >= 11 is 0. The van der Waals surface area contributed by atoms with E-state index in [1.165, 1.54) is 7.11 Å². The SMILES string of the molecule is COC(=O)c1ccc(NC2CCN(C(=O)OC(C)(C)C)CC2)c(N)c1. The van der Waals surface area contributed by atoms with E-state index < -0.39 is 11.6 Å². The predicted octanol–water partition coefficient (Wildman–Crippen LogP) is 2.87. The van der Waals surface area contributed by atoms with E-state index in [1.54, 1.807) is 23.1 Å². The molecule has 1 aliphatic rings. The molecule has 0 aliphatic carbocycles. The van der Waals surface area contributed by atoms with Crippen molar-refractivity contribution in [3.05, 3.63) is 23.8 Å². The number of hydrogen-bond donors (Lipinski definition) is 2. The Labute approximate surface area is 148 Å². The summed E-state index contributed by atoms with van der Waals surface area (Å²) in [6.45, 7) is 6.85. The fourth-order valence-electron chi connectivity index (χ4n) is 2.69. The van der Waals surface area contributed by atoms with Gasteiger partial charge in [0, 0.05) is 19.1 Å². The fraction of sp³-hybridized carbons (Fsp3) is 0.556. The minimum atomic E-state index is -0.484. The summed E-state index contributed by atoms with van der Waals surface area (Å²) in [5.41, 5.74) is 7.24. The van der Waals surface area contributed by atoms with Crippen LogP contribution in [0.4, 0.5) is 16.2 Å². The molecular weight excluding hydrogens is 322 g/mol. The molecule has 0 radical (unpaired) electrons. The third-order valence-electron chi connectivity index (χ3n) is 3.98. The van der Waals surface area contributed by atoms with Crippen LogP contribution in [0.5, 0.6) is 0 Å². The number of piperidine rings is 1. The van der Waals surface area contributed by atoms with Crippen molar-refractivity contribution in [1.82, 2.24) is 4.90 Å². The zero-order valence-electron chi connectivity index (χ0n) is 15.3. The van der Waals surface area contributed by atoms with Gasteiger partial charge in [-0.15, -0.1) is 0 Å². The summed E-state index contributed by atoms with van der Waals surface area (Å²) in [4.78, 5) is 25.3. The van der Waals surface area contributed by atoms with Gasteiger partial charge in [0.1, 0.15) is 5.60 Å². The molecule has 2 rings (SSSR count). The molecule has 138 valence electrons. The Morgan fingerprint density at radius 3 is 2.40 bits per heavy atom. The van der Waals surface area contributed by atoms with Crippen molar-refractivity contribution in [2.24, 2.45) is 0 Å². The van der Waals surface area contributed by atoms with Crippen LogP contribution in [0.3, 0.4) is 0 Å². The summed E-state index contributed by atoms with van der Waals surface area (Å²) < 4.78 is 10.1. The summed E-state index contributed by atoms with van der Waals surface area (Å²) in [6.07, 6.45) is 1.34. The maximum Gasteiger partial charge on any atom is 0.410 e. The monoisotopic (exact) mass is 349 g/mol. The van der Waals surface area contributed by atoms with Gasteiger partial charge in [-0.25, -0.2) is 9.59 Å². The molecule has 1 heterocycles. The summed E-state index contributed by atoms with van der Waals surface area (Å²) in [5.74, 6) is -0.413. The molecule has 1 aromatic rings. The van der Waals surface area contributed by atoms with Gasteiger partial charge in [-0.3, -0.25) is 0 Å². The first-order valence-electron chi connectivity index (χ1n) is 8.42. The molecule has 0 aromatic heterocycles. The first kappa shape index (κ1) is 18.9. The Morgan fingerprint density at radius 2 is 1.88 bits per heavy atom. The zero-order chi connectivity index (χ0) is 18.6. The van der Waals surface area contributed by atoms with Gasteiger partial charge in [0.05, 0.1) is 24.0 Å². The molecule has 0 bridgehead atoms. The first-order chi connectivity index (χ1) is 11.7. The van der Waals surface area contributed by atoms with Gasteiger partial charge in [0.2, 0.25) is 0 Å². The minimum absolute atomic E-state index is 0.213. The lowest BCUT2D eigenvalue weighted by atomic mass is 10.0. The number of benzene rings is 1. The Bertz CT molecular complexity index is 632. The molecule has 7 nitrogen and oxygen atoms in total. The number of anilines is 2. The number of nitrogens with zero attached hydrogens (tertiary/aromatic N) is 1. The van der Waals surface area contributed by atoms with Gasteiger partial charge in [0.25, 0.3) is 0 Å². The second-order valence-corrected chi connectivity index (χ2v) is 7.18. The number of methoxy groups -OCH3 is 1. The number of hydrogen-bond acceptors (Lipinski definition) is 6. The molecule has 1 aliphatic heterocycles. The lowest BCUT2D eigenvalue weighted by molar-refractivity contribution is 0.0210. The van der Waals surface area contributed by atoms with Crippen molar-refractivity contribution in [3.8, 4) is 0 Å². The highest BCUT2D eigenvalue weighted by atomic mass is 16.6. The van der Waals surface area contributed by atoms with Crippen molar-refractivity contribution in [2.75, 3.05) is 31.2 Å². The van der Waals surface area contributed by atoms with Gasteiger partial charge in [-0.2, -0.15) is 0 Å². The average molecular weight is 349 g/mol. The van der Waals surface area contributed by atoms with Gasteiger partial charge < -0.3 is 25.4 Å². The maximum absolute atomic E-state index is 12.1. The van der Waals surface area contributed by atoms with Crippen LogP contribution in [-0.4, -0.2) is 48.8 Å². The molecule has 25 heavy (non-hydrogen) atoms. The van der Waals surface area contributed by atoms with E-state index in [-0.39, 0.29) is 12.1 Å². The highest BCUT2D eigenvalue weighted by Gasteiger charge is 2.27. The minimum Gasteiger partial charge on any atom is -0.465 e. The van der Waals surface area contributed by atoms with Gasteiger partial charge in [-0.1, -0.05) is 0 Å². The normalized spacial score (nSPS) is 15.6. The van der Waals surface area contributed by atoms with Crippen LogP contribution in [0.2, 0.25) is 0 Å². The van der Waals surface area contributed by atoms with Crippen LogP contribution >= 0.6 is 0 Å². The van der Waals surface area contributed by atoms with Crippen LogP contribution < -0.4 is 11.1 Å². The van der Waals surface area contributed by atoms with Crippen LogP contribution in [0, 0.1) is 0 Å². The fourth-order valence-corrected chi connectivity index (χ4v) is 2.69. The molecule has 0 unspecified atom stereocenters. The number of amides is 1. The van der Waals surface area contributed by atoms with Crippen molar-refractivity contribution in [1.29, 1.82) is 0 Å². The Balaban J connectivity index is 1.90. The summed E-state index contributed by atoms with van der Waals surface area (Å²) in [5, 5.41) is 3.39. The molecule has 1 aromatic carbocycles. The van der Waals surface area contributed by atoms with E-state index in [4.69, 9.17) is 10.5 Å². The first-order valence-corrected chi connectivity index (χ1v) is 8.42. The van der Waals surface area contributed by atoms with E-state index in [1.807, 2.05) is 20.8 Å². The number of nitrogens with two attached hydrogens (primary N) is 1. The summed E-state index contributed by atoms with van der Waals surface area (Å²) in [6, 6.07) is 5.27. The Kier molecular flexibility index (Phi) is 5.77. The Hall–Kier alpha value is -2.44. The van der Waals surface area contributed by atoms with Crippen molar-refractivity contribution >= 4 is 23.4 Å². The summed E-state index contributed by atoms with van der Waals surface area (Å²) in [7, 11) is 1.34. The smallest absolute Gasteiger partial charge is 0.410 e. The number of carbonyl (C=O) groups excluding carboxylic acids is 2. The van der Waals surface area contributed by atoms with Gasteiger partial charge >= 0.3 is 12.1 Å². The van der Waals surface area contributed by atoms with Crippen LogP contribution in [0.25, 0.3) is 0 Å². The van der Waals surface area contributed by atoms with E-state index >= 15 is 0 Å². The maximum atomic E-state index is 12.1. The second kappa shape index (κ2) is 7.63. The number of nitrogens with one attached hydrogen (secondary N) is 1. The lowest BCUT2D eigenvalue weighted by Gasteiger charge is -2.34. The van der Waals surface area contributed by atoms with E-state index in [0.717, 1.165) is 18.5 Å². The van der Waals surface area contributed by atoms with E-state index in [0.29, 0.717) is 24.3 Å². The highest BCUT2D eigenvalue weighted by molar-refractivity contribution is 5.91.